The smallest absolute Gasteiger partial charge is 0.104 e. The van der Waals surface area contributed by atoms with Gasteiger partial charge in [-0.1, -0.05) is 23.7 Å². The molecule has 0 radical (unpaired) electrons. The van der Waals surface area contributed by atoms with Gasteiger partial charge in [-0.2, -0.15) is 10.5 Å². The van der Waals surface area contributed by atoms with Crippen molar-refractivity contribution >= 4 is 23.0 Å². The van der Waals surface area contributed by atoms with E-state index in [4.69, 9.17) is 17.3 Å². The Balaban J connectivity index is 2.24. The van der Waals surface area contributed by atoms with Gasteiger partial charge in [-0.15, -0.1) is 0 Å². The van der Waals surface area contributed by atoms with Crippen molar-refractivity contribution in [3.05, 3.63) is 46.5 Å². The van der Waals surface area contributed by atoms with E-state index < -0.39 is 0 Å². The Labute approximate surface area is 140 Å². The van der Waals surface area contributed by atoms with Crippen molar-refractivity contribution in [1.82, 2.24) is 0 Å². The minimum absolute atomic E-state index is 0.254. The zero-order chi connectivity index (χ0) is 16.4. The number of benzene rings is 2. The van der Waals surface area contributed by atoms with Gasteiger partial charge in [0.2, 0.25) is 0 Å². The Kier molecular flexibility index (Phi) is 4.10. The van der Waals surface area contributed by atoms with E-state index in [-0.39, 0.29) is 5.69 Å². The van der Waals surface area contributed by atoms with Gasteiger partial charge < -0.3 is 10.6 Å². The molecule has 4 nitrogen and oxygen atoms in total. The maximum Gasteiger partial charge on any atom is 0.104 e. The number of anilines is 2. The first-order valence-corrected chi connectivity index (χ1v) is 7.81. The van der Waals surface area contributed by atoms with Crippen LogP contribution in [0, 0.1) is 22.7 Å². The molecule has 2 aromatic carbocycles. The minimum atomic E-state index is 0.254. The van der Waals surface area contributed by atoms with Gasteiger partial charge in [-0.3, -0.25) is 0 Å². The van der Waals surface area contributed by atoms with Gasteiger partial charge in [-0.05, 0) is 36.6 Å². The van der Waals surface area contributed by atoms with Crippen LogP contribution in [0.25, 0.3) is 11.1 Å². The zero-order valence-electron chi connectivity index (χ0n) is 12.5. The molecule has 0 aliphatic carbocycles. The highest BCUT2D eigenvalue weighted by molar-refractivity contribution is 6.30. The Hall–Kier alpha value is -2.69. The van der Waals surface area contributed by atoms with Crippen LogP contribution in [0.15, 0.2) is 30.3 Å². The number of rotatable bonds is 2. The molecule has 23 heavy (non-hydrogen) atoms. The Morgan fingerprint density at radius 2 is 1.61 bits per heavy atom. The second-order valence-electron chi connectivity index (χ2n) is 5.53. The summed E-state index contributed by atoms with van der Waals surface area (Å²) in [5.74, 6) is 0. The fourth-order valence-corrected chi connectivity index (χ4v) is 3.12. The molecule has 0 unspecified atom stereocenters. The second kappa shape index (κ2) is 6.20. The third-order valence-corrected chi connectivity index (χ3v) is 4.42. The van der Waals surface area contributed by atoms with Gasteiger partial charge in [0.25, 0.3) is 0 Å². The molecule has 114 valence electrons. The second-order valence-corrected chi connectivity index (χ2v) is 5.97. The van der Waals surface area contributed by atoms with Crippen molar-refractivity contribution in [1.29, 1.82) is 10.5 Å². The van der Waals surface area contributed by atoms with Crippen molar-refractivity contribution < 1.29 is 0 Å². The van der Waals surface area contributed by atoms with E-state index in [2.05, 4.69) is 17.0 Å². The summed E-state index contributed by atoms with van der Waals surface area (Å²) < 4.78 is 0. The summed E-state index contributed by atoms with van der Waals surface area (Å²) in [7, 11) is 0. The van der Waals surface area contributed by atoms with Gasteiger partial charge in [0.15, 0.2) is 0 Å². The molecule has 3 rings (SSSR count). The molecule has 2 aromatic rings. The summed E-state index contributed by atoms with van der Waals surface area (Å²) >= 11 is 5.95. The minimum Gasteiger partial charge on any atom is -0.396 e. The molecule has 1 aliphatic rings. The van der Waals surface area contributed by atoms with Gasteiger partial charge in [0.05, 0.1) is 22.5 Å². The summed E-state index contributed by atoms with van der Waals surface area (Å²) in [6, 6.07) is 13.5. The summed E-state index contributed by atoms with van der Waals surface area (Å²) in [5, 5.41) is 19.6. The van der Waals surface area contributed by atoms with Crippen LogP contribution >= 0.6 is 11.6 Å². The quantitative estimate of drug-likeness (QED) is 0.850. The zero-order valence-corrected chi connectivity index (χ0v) is 13.3. The summed E-state index contributed by atoms with van der Waals surface area (Å²) in [6.07, 6.45) is 2.20. The van der Waals surface area contributed by atoms with Gasteiger partial charge in [0.1, 0.15) is 12.1 Å². The molecule has 5 heteroatoms. The summed E-state index contributed by atoms with van der Waals surface area (Å²) in [6.45, 7) is 1.81. The molecule has 0 saturated carbocycles. The van der Waals surface area contributed by atoms with Crippen LogP contribution in [0.2, 0.25) is 5.02 Å². The molecule has 1 aliphatic heterocycles. The predicted molar refractivity (Wildman–Crippen MR) is 92.2 cm³/mol. The van der Waals surface area contributed by atoms with Crippen LogP contribution in [0.4, 0.5) is 11.4 Å². The first-order valence-electron chi connectivity index (χ1n) is 7.43. The van der Waals surface area contributed by atoms with E-state index in [1.54, 1.807) is 12.1 Å². The average molecular weight is 323 g/mol. The highest BCUT2D eigenvalue weighted by Crippen LogP contribution is 2.38. The number of hydrogen-bond donors (Lipinski definition) is 1. The topological polar surface area (TPSA) is 76.8 Å². The Morgan fingerprint density at radius 1 is 1.00 bits per heavy atom. The van der Waals surface area contributed by atoms with Crippen LogP contribution < -0.4 is 10.6 Å². The fourth-order valence-electron chi connectivity index (χ4n) is 2.99. The lowest BCUT2D eigenvalue weighted by molar-refractivity contribution is 0.949. The number of nitrogens with zero attached hydrogens (tertiary/aromatic N) is 3. The van der Waals surface area contributed by atoms with E-state index >= 15 is 0 Å². The molecule has 1 fully saturated rings. The SMILES string of the molecule is N#Cc1c(-c2ccc(Cl)cc2)cc(N2CCCC2)c(C#N)c1N. The highest BCUT2D eigenvalue weighted by atomic mass is 35.5. The molecule has 0 bridgehead atoms. The maximum atomic E-state index is 9.51. The van der Waals surface area contributed by atoms with Crippen LogP contribution in [0.3, 0.4) is 0 Å². The number of halogens is 1. The maximum absolute atomic E-state index is 9.51. The molecular formula is C18H15ClN4. The fraction of sp³-hybridized carbons (Fsp3) is 0.222. The molecule has 2 N–H and O–H groups in total. The molecular weight excluding hydrogens is 308 g/mol. The van der Waals surface area contributed by atoms with E-state index in [1.807, 2.05) is 18.2 Å². The average Bonchev–Trinajstić information content (AvgIpc) is 3.09. The predicted octanol–water partition coefficient (Wildman–Crippen LogP) is 3.93. The van der Waals surface area contributed by atoms with Crippen LogP contribution in [-0.4, -0.2) is 13.1 Å². The summed E-state index contributed by atoms with van der Waals surface area (Å²) in [4.78, 5) is 2.16. The van der Waals surface area contributed by atoms with E-state index in [0.29, 0.717) is 16.1 Å². The Morgan fingerprint density at radius 3 is 2.17 bits per heavy atom. The van der Waals surface area contributed by atoms with Crippen molar-refractivity contribution in [2.75, 3.05) is 23.7 Å². The molecule has 0 amide bonds. The van der Waals surface area contributed by atoms with Crippen LogP contribution in [0.1, 0.15) is 24.0 Å². The van der Waals surface area contributed by atoms with Crippen molar-refractivity contribution in [3.63, 3.8) is 0 Å². The lowest BCUT2D eigenvalue weighted by Gasteiger charge is -2.22. The number of nitrogen functional groups attached to an aromatic ring is 1. The highest BCUT2D eigenvalue weighted by Gasteiger charge is 2.22. The lowest BCUT2D eigenvalue weighted by Crippen LogP contribution is -2.20. The normalized spacial score (nSPS) is 13.6. The molecule has 0 spiro atoms. The first kappa shape index (κ1) is 15.2. The number of nitriles is 2. The monoisotopic (exact) mass is 322 g/mol. The first-order chi connectivity index (χ1) is 11.2. The lowest BCUT2D eigenvalue weighted by atomic mass is 9.94. The molecule has 0 aromatic heterocycles. The van der Waals surface area contributed by atoms with Gasteiger partial charge in [-0.25, -0.2) is 0 Å². The Bertz CT molecular complexity index is 822. The van der Waals surface area contributed by atoms with E-state index in [9.17, 15) is 10.5 Å². The van der Waals surface area contributed by atoms with Gasteiger partial charge >= 0.3 is 0 Å². The van der Waals surface area contributed by atoms with Crippen LogP contribution in [-0.2, 0) is 0 Å². The largest absolute Gasteiger partial charge is 0.396 e. The number of hydrogen-bond acceptors (Lipinski definition) is 4. The van der Waals surface area contributed by atoms with Crippen molar-refractivity contribution in [2.24, 2.45) is 0 Å². The van der Waals surface area contributed by atoms with Gasteiger partial charge in [0, 0.05) is 23.7 Å². The standard InChI is InChI=1S/C18H15ClN4/c19-13-5-3-12(4-6-13)14-9-17(23-7-1-2-8-23)16(11-21)18(22)15(14)10-20/h3-6,9H,1-2,7-8,22H2. The summed E-state index contributed by atoms with van der Waals surface area (Å²) in [5.41, 5.74) is 9.54. The number of nitrogens with two attached hydrogens (primary N) is 1. The molecule has 0 atom stereocenters. The van der Waals surface area contributed by atoms with Crippen LogP contribution in [0.5, 0.6) is 0 Å². The van der Waals surface area contributed by atoms with Crippen molar-refractivity contribution in [2.45, 2.75) is 12.8 Å². The third kappa shape index (κ3) is 2.70. The molecule has 1 heterocycles. The van der Waals surface area contributed by atoms with E-state index in [1.165, 1.54) is 0 Å². The van der Waals surface area contributed by atoms with E-state index in [0.717, 1.165) is 42.7 Å². The van der Waals surface area contributed by atoms with Crippen molar-refractivity contribution in [3.8, 4) is 23.3 Å². The third-order valence-electron chi connectivity index (χ3n) is 4.17. The molecule has 1 saturated heterocycles.